The molecule has 1 aromatic rings. The summed E-state index contributed by atoms with van der Waals surface area (Å²) < 4.78 is 12.8. The smallest absolute Gasteiger partial charge is 0.303 e. The minimum absolute atomic E-state index is 0.225. The van der Waals surface area contributed by atoms with E-state index in [1.165, 1.54) is 25.0 Å². The normalized spacial score (nSPS) is 20.0. The summed E-state index contributed by atoms with van der Waals surface area (Å²) >= 11 is 0. The zero-order chi connectivity index (χ0) is 15.1. The van der Waals surface area contributed by atoms with E-state index < -0.39 is 5.97 Å². The minimum atomic E-state index is -0.720. The zero-order valence-corrected chi connectivity index (χ0v) is 12.2. The number of aliphatic carboxylic acids is 1. The van der Waals surface area contributed by atoms with Gasteiger partial charge in [0.2, 0.25) is 0 Å². The topological polar surface area (TPSA) is 40.5 Å². The molecule has 1 N–H and O–H groups in total. The lowest BCUT2D eigenvalue weighted by Crippen LogP contribution is -2.39. The van der Waals surface area contributed by atoms with Gasteiger partial charge in [-0.1, -0.05) is 30.7 Å². The Morgan fingerprint density at radius 2 is 2.10 bits per heavy atom. The first kappa shape index (κ1) is 15.7. The van der Waals surface area contributed by atoms with Crippen LogP contribution >= 0.6 is 0 Å². The summed E-state index contributed by atoms with van der Waals surface area (Å²) in [7, 11) is 0. The molecule has 114 valence electrons. The lowest BCUT2D eigenvalue weighted by Gasteiger charge is -2.34. The fourth-order valence-electron chi connectivity index (χ4n) is 2.82. The molecule has 0 radical (unpaired) electrons. The molecule has 4 heteroatoms. The van der Waals surface area contributed by atoms with Gasteiger partial charge < -0.3 is 5.11 Å². The minimum Gasteiger partial charge on any atom is -0.481 e. The molecule has 1 aromatic carbocycles. The van der Waals surface area contributed by atoms with Gasteiger partial charge in [-0.2, -0.15) is 0 Å². The molecule has 0 spiro atoms. The third kappa shape index (κ3) is 5.31. The lowest BCUT2D eigenvalue weighted by molar-refractivity contribution is -0.137. The second-order valence-corrected chi connectivity index (χ2v) is 5.53. The molecule has 1 aliphatic heterocycles. The Kier molecular flexibility index (Phi) is 5.93. The van der Waals surface area contributed by atoms with E-state index >= 15 is 0 Å². The van der Waals surface area contributed by atoms with Crippen molar-refractivity contribution >= 4 is 12.0 Å². The Bertz CT molecular complexity index is 484. The van der Waals surface area contributed by atoms with Crippen LogP contribution < -0.4 is 0 Å². The van der Waals surface area contributed by atoms with Crippen LogP contribution in [0.5, 0.6) is 0 Å². The van der Waals surface area contributed by atoms with Crippen molar-refractivity contribution in [2.24, 2.45) is 0 Å². The number of carboxylic acid groups (broad SMARTS) is 1. The summed E-state index contributed by atoms with van der Waals surface area (Å²) in [6.45, 7) is 1.85. The van der Waals surface area contributed by atoms with Crippen molar-refractivity contribution < 1.29 is 14.3 Å². The molecule has 0 unspecified atom stereocenters. The van der Waals surface area contributed by atoms with Gasteiger partial charge in [-0.05, 0) is 43.5 Å². The zero-order valence-electron chi connectivity index (χ0n) is 12.2. The molecule has 1 fully saturated rings. The number of likely N-dealkylation sites (tertiary alicyclic amines) is 1. The van der Waals surface area contributed by atoms with Crippen molar-refractivity contribution in [1.29, 1.82) is 0 Å². The van der Waals surface area contributed by atoms with Gasteiger partial charge >= 0.3 is 5.97 Å². The molecule has 1 saturated heterocycles. The van der Waals surface area contributed by atoms with Gasteiger partial charge in [0, 0.05) is 19.0 Å². The summed E-state index contributed by atoms with van der Waals surface area (Å²) in [5, 5.41) is 8.81. The monoisotopic (exact) mass is 291 g/mol. The molecular weight excluding hydrogens is 269 g/mol. The molecule has 0 amide bonds. The number of carboxylic acids is 1. The van der Waals surface area contributed by atoms with E-state index in [4.69, 9.17) is 5.11 Å². The molecule has 0 aromatic heterocycles. The average Bonchev–Trinajstić information content (AvgIpc) is 2.48. The maximum atomic E-state index is 12.8. The van der Waals surface area contributed by atoms with Crippen molar-refractivity contribution in [3.8, 4) is 0 Å². The Morgan fingerprint density at radius 3 is 2.81 bits per heavy atom. The van der Waals surface area contributed by atoms with E-state index in [-0.39, 0.29) is 12.2 Å². The van der Waals surface area contributed by atoms with Gasteiger partial charge in [0.05, 0.1) is 0 Å². The molecule has 3 nitrogen and oxygen atoms in total. The first-order valence-electron chi connectivity index (χ1n) is 7.53. The molecular formula is C17H22FNO2. The van der Waals surface area contributed by atoms with E-state index in [1.807, 2.05) is 6.08 Å². The number of halogens is 1. The Labute approximate surface area is 125 Å². The van der Waals surface area contributed by atoms with Gasteiger partial charge in [-0.3, -0.25) is 9.69 Å². The second-order valence-electron chi connectivity index (χ2n) is 5.53. The summed E-state index contributed by atoms with van der Waals surface area (Å²) in [6.07, 6.45) is 8.46. The number of rotatable bonds is 6. The Morgan fingerprint density at radius 1 is 1.33 bits per heavy atom. The summed E-state index contributed by atoms with van der Waals surface area (Å²) in [5.41, 5.74) is 0.982. The third-order valence-electron chi connectivity index (χ3n) is 3.96. The predicted octanol–water partition coefficient (Wildman–Crippen LogP) is 3.56. The number of hydrogen-bond donors (Lipinski definition) is 1. The Balaban J connectivity index is 1.86. The van der Waals surface area contributed by atoms with E-state index in [0.717, 1.165) is 31.5 Å². The predicted molar refractivity (Wildman–Crippen MR) is 81.5 cm³/mol. The maximum absolute atomic E-state index is 12.8. The number of piperidine rings is 1. The molecule has 2 rings (SSSR count). The van der Waals surface area contributed by atoms with Crippen molar-refractivity contribution in [1.82, 2.24) is 4.90 Å². The van der Waals surface area contributed by atoms with Crippen LogP contribution in [-0.4, -0.2) is 35.1 Å². The van der Waals surface area contributed by atoms with Crippen LogP contribution in [0, 0.1) is 5.82 Å². The number of carbonyl (C=O) groups is 1. The van der Waals surface area contributed by atoms with E-state index in [1.54, 1.807) is 12.1 Å². The van der Waals surface area contributed by atoms with Crippen molar-refractivity contribution in [2.45, 2.75) is 38.1 Å². The molecule has 1 aliphatic rings. The standard InChI is InChI=1S/C17H22FNO2/c18-15-8-6-14(7-9-15)4-3-13-19-12-2-1-5-16(19)10-11-17(20)21/h3-4,6-9,16H,1-2,5,10-13H2,(H,20,21)/b4-3+/t16-/m1/s1. The first-order chi connectivity index (χ1) is 10.1. The number of nitrogens with zero attached hydrogens (tertiary/aromatic N) is 1. The van der Waals surface area contributed by atoms with Gasteiger partial charge in [-0.15, -0.1) is 0 Å². The Hall–Kier alpha value is -1.68. The molecule has 21 heavy (non-hydrogen) atoms. The highest BCUT2D eigenvalue weighted by molar-refractivity contribution is 5.66. The number of benzene rings is 1. The van der Waals surface area contributed by atoms with Crippen LogP contribution in [0.3, 0.4) is 0 Å². The van der Waals surface area contributed by atoms with Crippen molar-refractivity contribution in [2.75, 3.05) is 13.1 Å². The average molecular weight is 291 g/mol. The highest BCUT2D eigenvalue weighted by Gasteiger charge is 2.21. The fraction of sp³-hybridized carbons (Fsp3) is 0.471. The van der Waals surface area contributed by atoms with Crippen LogP contribution in [0.25, 0.3) is 6.08 Å². The van der Waals surface area contributed by atoms with Crippen LogP contribution in [0.4, 0.5) is 4.39 Å². The van der Waals surface area contributed by atoms with Gasteiger partial charge in [0.1, 0.15) is 5.82 Å². The third-order valence-corrected chi connectivity index (χ3v) is 3.96. The van der Waals surface area contributed by atoms with E-state index in [0.29, 0.717) is 6.04 Å². The summed E-state index contributed by atoms with van der Waals surface area (Å²) in [6, 6.07) is 6.79. The molecule has 0 bridgehead atoms. The van der Waals surface area contributed by atoms with E-state index in [2.05, 4.69) is 11.0 Å². The summed E-state index contributed by atoms with van der Waals surface area (Å²) in [5.74, 6) is -0.945. The molecule has 1 heterocycles. The second kappa shape index (κ2) is 7.93. The quantitative estimate of drug-likeness (QED) is 0.871. The van der Waals surface area contributed by atoms with Crippen LogP contribution in [-0.2, 0) is 4.79 Å². The highest BCUT2D eigenvalue weighted by Crippen LogP contribution is 2.20. The highest BCUT2D eigenvalue weighted by atomic mass is 19.1. The maximum Gasteiger partial charge on any atom is 0.303 e. The van der Waals surface area contributed by atoms with Crippen LogP contribution in [0.15, 0.2) is 30.3 Å². The lowest BCUT2D eigenvalue weighted by atomic mass is 9.98. The molecule has 0 aliphatic carbocycles. The fourth-order valence-corrected chi connectivity index (χ4v) is 2.82. The molecule has 1 atom stereocenters. The van der Waals surface area contributed by atoms with Crippen molar-refractivity contribution in [3.63, 3.8) is 0 Å². The van der Waals surface area contributed by atoms with Gasteiger partial charge in [0.15, 0.2) is 0 Å². The number of hydrogen-bond acceptors (Lipinski definition) is 2. The largest absolute Gasteiger partial charge is 0.481 e. The molecule has 0 saturated carbocycles. The van der Waals surface area contributed by atoms with Crippen molar-refractivity contribution in [3.05, 3.63) is 41.7 Å². The SMILES string of the molecule is O=C(O)CC[C@H]1CCCCN1C/C=C/c1ccc(F)cc1. The summed E-state index contributed by atoms with van der Waals surface area (Å²) in [4.78, 5) is 13.1. The van der Waals surface area contributed by atoms with Gasteiger partial charge in [-0.25, -0.2) is 4.39 Å². The van der Waals surface area contributed by atoms with Gasteiger partial charge in [0.25, 0.3) is 0 Å². The van der Waals surface area contributed by atoms with Crippen LogP contribution in [0.2, 0.25) is 0 Å². The van der Waals surface area contributed by atoms with E-state index in [9.17, 15) is 9.18 Å². The first-order valence-corrected chi connectivity index (χ1v) is 7.53. The van der Waals surface area contributed by atoms with Crippen LogP contribution in [0.1, 0.15) is 37.7 Å².